The molecule has 2 aliphatic heterocycles. The minimum absolute atomic E-state index is 0.129. The zero-order valence-electron chi connectivity index (χ0n) is 23.6. The minimum atomic E-state index is -4.59. The number of halogens is 3. The number of alkyl halides is 3. The molecule has 0 radical (unpaired) electrons. The number of hydrogen-bond donors (Lipinski definition) is 2. The highest BCUT2D eigenvalue weighted by molar-refractivity contribution is 6.07. The number of amides is 4. The van der Waals surface area contributed by atoms with E-state index in [4.69, 9.17) is 4.74 Å². The zero-order chi connectivity index (χ0) is 30.7. The van der Waals surface area contributed by atoms with E-state index in [2.05, 4.69) is 20.6 Å². The highest BCUT2D eigenvalue weighted by Gasteiger charge is 2.32. The van der Waals surface area contributed by atoms with Gasteiger partial charge in [-0.15, -0.1) is 0 Å². The number of nitrogens with zero attached hydrogens (tertiary/aromatic N) is 5. The number of nitrogens with one attached hydrogen (secondary N) is 2. The average molecular weight is 598 g/mol. The van der Waals surface area contributed by atoms with Crippen LogP contribution in [0.3, 0.4) is 0 Å². The summed E-state index contributed by atoms with van der Waals surface area (Å²) in [4.78, 5) is 51.6. The van der Waals surface area contributed by atoms with Gasteiger partial charge in [0.15, 0.2) is 0 Å². The molecule has 2 N–H and O–H groups in total. The Hall–Kier alpha value is -4.88. The second-order valence-electron chi connectivity index (χ2n) is 10.2. The summed E-state index contributed by atoms with van der Waals surface area (Å²) in [6, 6.07) is 8.35. The minimum Gasteiger partial charge on any atom is -0.497 e. The van der Waals surface area contributed by atoms with E-state index in [1.54, 1.807) is 19.3 Å². The van der Waals surface area contributed by atoms with Crippen LogP contribution in [0.4, 0.5) is 41.1 Å². The Morgan fingerprint density at radius 1 is 1.14 bits per heavy atom. The number of urea groups is 1. The maximum Gasteiger partial charge on any atom is 0.416 e. The lowest BCUT2D eigenvalue weighted by Crippen LogP contribution is -2.46. The number of carbonyl (C=O) groups is 3. The van der Waals surface area contributed by atoms with Gasteiger partial charge in [0.25, 0.3) is 5.91 Å². The van der Waals surface area contributed by atoms with Crippen molar-refractivity contribution in [1.82, 2.24) is 14.9 Å². The standard InChI is InChI=1S/C29H30F3N7O4/c1-37-25-19(16-34-27(36-25)33-9-5-11-38-10-4-8-24(38)40)17-39(28(37)42)22-13-21(14-23(15-22)43-2)35-26(41)18-6-3-7-20(12-18)29(30,31)32/h3,6-7,12-16H,4-5,8-11,17H2,1-2H3,(H,35,41)(H,33,34,36). The van der Waals surface area contributed by atoms with Gasteiger partial charge in [0.1, 0.15) is 11.6 Å². The zero-order valence-corrected chi connectivity index (χ0v) is 23.6. The summed E-state index contributed by atoms with van der Waals surface area (Å²) >= 11 is 0. The molecule has 5 rings (SSSR count). The van der Waals surface area contributed by atoms with E-state index in [0.717, 1.165) is 37.6 Å². The van der Waals surface area contributed by atoms with E-state index < -0.39 is 23.7 Å². The van der Waals surface area contributed by atoms with Crippen molar-refractivity contribution in [3.05, 3.63) is 65.4 Å². The Morgan fingerprint density at radius 2 is 1.95 bits per heavy atom. The molecule has 3 heterocycles. The van der Waals surface area contributed by atoms with Crippen LogP contribution < -0.4 is 25.2 Å². The van der Waals surface area contributed by atoms with Crippen molar-refractivity contribution in [2.24, 2.45) is 0 Å². The fraction of sp³-hybridized carbons (Fsp3) is 0.345. The number of fused-ring (bicyclic) bond motifs is 1. The van der Waals surface area contributed by atoms with E-state index in [1.165, 1.54) is 35.1 Å². The summed E-state index contributed by atoms with van der Waals surface area (Å²) in [5.41, 5.74) is 0.177. The van der Waals surface area contributed by atoms with Gasteiger partial charge in [-0.05, 0) is 37.1 Å². The predicted octanol–water partition coefficient (Wildman–Crippen LogP) is 4.76. The van der Waals surface area contributed by atoms with Gasteiger partial charge < -0.3 is 20.3 Å². The third kappa shape index (κ3) is 6.63. The molecule has 2 aliphatic rings. The third-order valence-electron chi connectivity index (χ3n) is 7.21. The van der Waals surface area contributed by atoms with Crippen molar-refractivity contribution in [1.29, 1.82) is 0 Å². The number of likely N-dealkylation sites (tertiary alicyclic amines) is 1. The Kier molecular flexibility index (Phi) is 8.37. The summed E-state index contributed by atoms with van der Waals surface area (Å²) in [7, 11) is 3.00. The number of rotatable bonds is 9. The lowest BCUT2D eigenvalue weighted by molar-refractivity contribution is -0.137. The molecule has 0 unspecified atom stereocenters. The van der Waals surface area contributed by atoms with Crippen LogP contribution in [0.2, 0.25) is 0 Å². The normalized spacial score (nSPS) is 15.0. The molecule has 14 heteroatoms. The van der Waals surface area contributed by atoms with E-state index in [-0.39, 0.29) is 23.7 Å². The maximum absolute atomic E-state index is 13.4. The van der Waals surface area contributed by atoms with Crippen molar-refractivity contribution in [2.45, 2.75) is 32.0 Å². The first kappa shape index (κ1) is 29.6. The van der Waals surface area contributed by atoms with Gasteiger partial charge in [-0.2, -0.15) is 18.2 Å². The fourth-order valence-corrected chi connectivity index (χ4v) is 4.98. The summed E-state index contributed by atoms with van der Waals surface area (Å²) in [6.45, 7) is 2.14. The van der Waals surface area contributed by atoms with Crippen molar-refractivity contribution >= 4 is 41.0 Å². The van der Waals surface area contributed by atoms with E-state index in [0.29, 0.717) is 48.3 Å². The number of carbonyl (C=O) groups excluding carboxylic acids is 3. The number of benzene rings is 2. The highest BCUT2D eigenvalue weighted by Crippen LogP contribution is 2.34. The second kappa shape index (κ2) is 12.2. The predicted molar refractivity (Wildman–Crippen MR) is 153 cm³/mol. The Bertz CT molecular complexity index is 1550. The molecule has 3 aromatic rings. The lowest BCUT2D eigenvalue weighted by atomic mass is 10.1. The maximum atomic E-state index is 13.4. The number of methoxy groups -OCH3 is 1. The van der Waals surface area contributed by atoms with E-state index >= 15 is 0 Å². The van der Waals surface area contributed by atoms with Crippen LogP contribution in [0, 0.1) is 0 Å². The Morgan fingerprint density at radius 3 is 2.67 bits per heavy atom. The SMILES string of the molecule is COc1cc(NC(=O)c2cccc(C(F)(F)F)c2)cc(N2Cc3cnc(NCCCN4CCCC4=O)nc3N(C)C2=O)c1. The first-order valence-corrected chi connectivity index (χ1v) is 13.6. The van der Waals surface area contributed by atoms with E-state index in [9.17, 15) is 27.6 Å². The Balaban J connectivity index is 1.30. The number of aromatic nitrogens is 2. The van der Waals surface area contributed by atoms with Crippen LogP contribution in [0.1, 0.15) is 40.7 Å². The van der Waals surface area contributed by atoms with Crippen LogP contribution >= 0.6 is 0 Å². The third-order valence-corrected chi connectivity index (χ3v) is 7.21. The second-order valence-corrected chi connectivity index (χ2v) is 10.2. The average Bonchev–Trinajstić information content (AvgIpc) is 3.40. The monoisotopic (exact) mass is 597 g/mol. The van der Waals surface area contributed by atoms with Gasteiger partial charge >= 0.3 is 12.2 Å². The molecular formula is C29H30F3N7O4. The molecule has 4 amide bonds. The quantitative estimate of drug-likeness (QED) is 0.342. The van der Waals surface area contributed by atoms with Crippen LogP contribution in [0.25, 0.3) is 0 Å². The molecule has 0 bridgehead atoms. The van der Waals surface area contributed by atoms with E-state index in [1.807, 2.05) is 4.90 Å². The largest absolute Gasteiger partial charge is 0.497 e. The van der Waals surface area contributed by atoms with Crippen molar-refractivity contribution in [3.63, 3.8) is 0 Å². The van der Waals surface area contributed by atoms with Crippen molar-refractivity contribution in [2.75, 3.05) is 54.2 Å². The fourth-order valence-electron chi connectivity index (χ4n) is 4.98. The van der Waals surface area contributed by atoms with Crippen molar-refractivity contribution in [3.8, 4) is 5.75 Å². The van der Waals surface area contributed by atoms with Gasteiger partial charge in [-0.3, -0.25) is 19.4 Å². The highest BCUT2D eigenvalue weighted by atomic mass is 19.4. The molecule has 1 saturated heterocycles. The summed E-state index contributed by atoms with van der Waals surface area (Å²) in [6.07, 6.45) is -0.739. The molecule has 11 nitrogen and oxygen atoms in total. The summed E-state index contributed by atoms with van der Waals surface area (Å²) < 4.78 is 44.8. The number of ether oxygens (including phenoxy) is 1. The first-order valence-electron chi connectivity index (χ1n) is 13.6. The number of anilines is 4. The number of hydrogen-bond acceptors (Lipinski definition) is 7. The molecular weight excluding hydrogens is 567 g/mol. The molecule has 1 fully saturated rings. The molecule has 226 valence electrons. The first-order chi connectivity index (χ1) is 20.5. The Labute approximate surface area is 245 Å². The van der Waals surface area contributed by atoms with Crippen LogP contribution in [0.15, 0.2) is 48.7 Å². The van der Waals surface area contributed by atoms with Gasteiger partial charge in [-0.25, -0.2) is 9.78 Å². The molecule has 1 aromatic heterocycles. The van der Waals surface area contributed by atoms with Gasteiger partial charge in [-0.1, -0.05) is 6.07 Å². The molecule has 43 heavy (non-hydrogen) atoms. The van der Waals surface area contributed by atoms with Crippen LogP contribution in [0.5, 0.6) is 5.75 Å². The summed E-state index contributed by atoms with van der Waals surface area (Å²) in [5, 5.41) is 5.74. The smallest absolute Gasteiger partial charge is 0.416 e. The van der Waals surface area contributed by atoms with Crippen molar-refractivity contribution < 1.29 is 32.3 Å². The lowest BCUT2D eigenvalue weighted by Gasteiger charge is -2.34. The molecule has 2 aromatic carbocycles. The van der Waals surface area contributed by atoms with Crippen LogP contribution in [-0.2, 0) is 17.5 Å². The molecule has 0 saturated carbocycles. The molecule has 0 atom stereocenters. The van der Waals surface area contributed by atoms with Gasteiger partial charge in [0.2, 0.25) is 11.9 Å². The van der Waals surface area contributed by atoms with Gasteiger partial charge in [0.05, 0.1) is 24.9 Å². The summed E-state index contributed by atoms with van der Waals surface area (Å²) in [5.74, 6) is 0.550. The van der Waals surface area contributed by atoms with Crippen LogP contribution in [-0.4, -0.2) is 66.5 Å². The topological polar surface area (TPSA) is 120 Å². The molecule has 0 aliphatic carbocycles. The van der Waals surface area contributed by atoms with Gasteiger partial charge in [0, 0.05) is 68.2 Å². The molecule has 0 spiro atoms.